The molecule has 2 heterocycles. The Balaban J connectivity index is 1.49. The van der Waals surface area contributed by atoms with Crippen LogP contribution in [-0.4, -0.2) is 52.0 Å². The van der Waals surface area contributed by atoms with Gasteiger partial charge in [-0.2, -0.15) is 13.2 Å². The van der Waals surface area contributed by atoms with Gasteiger partial charge in [0.1, 0.15) is 5.69 Å². The van der Waals surface area contributed by atoms with Crippen molar-refractivity contribution in [1.29, 1.82) is 0 Å². The molecule has 1 saturated heterocycles. The Hall–Kier alpha value is -3.24. The molecule has 3 aromatic rings. The molecule has 196 valence electrons. The monoisotopic (exact) mass is 531 g/mol. The molecule has 0 saturated carbocycles. The Morgan fingerprint density at radius 2 is 1.78 bits per heavy atom. The second-order valence-corrected chi connectivity index (χ2v) is 10.6. The van der Waals surface area contributed by atoms with Crippen LogP contribution in [0.3, 0.4) is 0 Å². The number of aliphatic hydroxyl groups excluding tert-OH is 1. The number of carbonyl (C=O) groups is 2. The average molecular weight is 532 g/mol. The molecule has 4 rings (SSSR count). The van der Waals surface area contributed by atoms with Crippen molar-refractivity contribution in [3.8, 4) is 11.1 Å². The maximum absolute atomic E-state index is 13.4. The van der Waals surface area contributed by atoms with E-state index in [0.717, 1.165) is 17.1 Å². The van der Waals surface area contributed by atoms with E-state index >= 15 is 0 Å². The van der Waals surface area contributed by atoms with Crippen LogP contribution in [0.1, 0.15) is 64.0 Å². The van der Waals surface area contributed by atoms with Crippen molar-refractivity contribution in [2.24, 2.45) is 0 Å². The van der Waals surface area contributed by atoms with E-state index in [1.807, 2.05) is 0 Å². The summed E-state index contributed by atoms with van der Waals surface area (Å²) in [4.78, 5) is 31.9. The second kappa shape index (κ2) is 10.6. The standard InChI is InChI=1S/C27H28F3N3O3S/c1-26(2,16-34)32-23(35)22-15-37-24(31-22)18-10-12-33(13-11-18)25(36)21-14-19(27(28,29)30)8-9-20(21)17-6-4-3-5-7-17/h3-9,14-15,18,34H,10-13,16H2,1-2H3,(H,32,35). The number of halogens is 3. The molecule has 0 spiro atoms. The maximum Gasteiger partial charge on any atom is 0.416 e. The van der Waals surface area contributed by atoms with Crippen LogP contribution < -0.4 is 5.32 Å². The largest absolute Gasteiger partial charge is 0.416 e. The lowest BCUT2D eigenvalue weighted by Gasteiger charge is -2.32. The lowest BCUT2D eigenvalue weighted by Crippen LogP contribution is -2.46. The Morgan fingerprint density at radius 3 is 2.41 bits per heavy atom. The minimum absolute atomic E-state index is 0.0270. The Bertz CT molecular complexity index is 1270. The number of likely N-dealkylation sites (tertiary alicyclic amines) is 1. The number of hydrogen-bond acceptors (Lipinski definition) is 5. The molecule has 2 amide bonds. The summed E-state index contributed by atoms with van der Waals surface area (Å²) in [6, 6.07) is 12.2. The van der Waals surface area contributed by atoms with Gasteiger partial charge in [0.05, 0.1) is 22.7 Å². The number of aliphatic hydroxyl groups is 1. The number of alkyl halides is 3. The van der Waals surface area contributed by atoms with Crippen LogP contribution in [0, 0.1) is 0 Å². The first-order chi connectivity index (χ1) is 17.5. The Labute approximate surface area is 217 Å². The molecule has 1 aromatic heterocycles. The topological polar surface area (TPSA) is 82.5 Å². The molecule has 0 radical (unpaired) electrons. The van der Waals surface area contributed by atoms with Gasteiger partial charge in [0.15, 0.2) is 0 Å². The smallest absolute Gasteiger partial charge is 0.394 e. The first-order valence-corrected chi connectivity index (χ1v) is 12.8. The molecule has 1 fully saturated rings. The van der Waals surface area contributed by atoms with Crippen molar-refractivity contribution < 1.29 is 27.9 Å². The van der Waals surface area contributed by atoms with Gasteiger partial charge in [-0.05, 0) is 49.9 Å². The summed E-state index contributed by atoms with van der Waals surface area (Å²) in [7, 11) is 0. The molecule has 37 heavy (non-hydrogen) atoms. The first-order valence-electron chi connectivity index (χ1n) is 11.9. The highest BCUT2D eigenvalue weighted by Gasteiger charge is 2.34. The summed E-state index contributed by atoms with van der Waals surface area (Å²) < 4.78 is 40.3. The highest BCUT2D eigenvalue weighted by molar-refractivity contribution is 7.09. The Kier molecular flexibility index (Phi) is 7.70. The quantitative estimate of drug-likeness (QED) is 0.449. The summed E-state index contributed by atoms with van der Waals surface area (Å²) in [6.45, 7) is 3.94. The highest BCUT2D eigenvalue weighted by atomic mass is 32.1. The van der Waals surface area contributed by atoms with Gasteiger partial charge in [-0.3, -0.25) is 9.59 Å². The van der Waals surface area contributed by atoms with Gasteiger partial charge >= 0.3 is 6.18 Å². The molecule has 0 aliphatic carbocycles. The van der Waals surface area contributed by atoms with E-state index in [1.54, 1.807) is 54.5 Å². The zero-order valence-electron chi connectivity index (χ0n) is 20.5. The van der Waals surface area contributed by atoms with Gasteiger partial charge in [-0.1, -0.05) is 36.4 Å². The lowest BCUT2D eigenvalue weighted by atomic mass is 9.94. The third-order valence-corrected chi connectivity index (χ3v) is 7.40. The number of rotatable bonds is 6. The van der Waals surface area contributed by atoms with Gasteiger partial charge in [-0.25, -0.2) is 4.98 Å². The molecule has 0 atom stereocenters. The van der Waals surface area contributed by atoms with Gasteiger partial charge < -0.3 is 15.3 Å². The highest BCUT2D eigenvalue weighted by Crippen LogP contribution is 2.36. The molecule has 1 aliphatic rings. The third kappa shape index (κ3) is 6.19. The summed E-state index contributed by atoms with van der Waals surface area (Å²) in [6.07, 6.45) is -3.39. The number of nitrogens with one attached hydrogen (secondary N) is 1. The van der Waals surface area contributed by atoms with Crippen LogP contribution in [0.25, 0.3) is 11.1 Å². The van der Waals surface area contributed by atoms with E-state index in [0.29, 0.717) is 37.1 Å². The van der Waals surface area contributed by atoms with Crippen molar-refractivity contribution >= 4 is 23.2 Å². The summed E-state index contributed by atoms with van der Waals surface area (Å²) in [5, 5.41) is 14.6. The zero-order valence-corrected chi connectivity index (χ0v) is 21.3. The van der Waals surface area contributed by atoms with Crippen LogP contribution in [0.4, 0.5) is 13.2 Å². The second-order valence-electron chi connectivity index (χ2n) is 9.76. The fourth-order valence-electron chi connectivity index (χ4n) is 4.26. The molecular weight excluding hydrogens is 503 g/mol. The van der Waals surface area contributed by atoms with Crippen molar-refractivity contribution in [3.63, 3.8) is 0 Å². The number of nitrogens with zero attached hydrogens (tertiary/aromatic N) is 2. The van der Waals surface area contributed by atoms with Gasteiger partial charge in [0.25, 0.3) is 11.8 Å². The van der Waals surface area contributed by atoms with Gasteiger partial charge in [0.2, 0.25) is 0 Å². The van der Waals surface area contributed by atoms with Gasteiger partial charge in [0, 0.05) is 30.0 Å². The number of thiazole rings is 1. The minimum Gasteiger partial charge on any atom is -0.394 e. The van der Waals surface area contributed by atoms with E-state index in [9.17, 15) is 27.9 Å². The number of piperidine rings is 1. The lowest BCUT2D eigenvalue weighted by molar-refractivity contribution is -0.137. The Morgan fingerprint density at radius 1 is 1.11 bits per heavy atom. The molecule has 6 nitrogen and oxygen atoms in total. The van der Waals surface area contributed by atoms with Crippen LogP contribution in [0.2, 0.25) is 0 Å². The fraction of sp³-hybridized carbons (Fsp3) is 0.370. The van der Waals surface area contributed by atoms with Crippen molar-refractivity contribution in [3.05, 3.63) is 75.7 Å². The van der Waals surface area contributed by atoms with E-state index in [4.69, 9.17) is 0 Å². The van der Waals surface area contributed by atoms with Crippen molar-refractivity contribution in [2.45, 2.75) is 44.3 Å². The summed E-state index contributed by atoms with van der Waals surface area (Å²) in [5.74, 6) is -0.766. The van der Waals surface area contributed by atoms with Crippen molar-refractivity contribution in [2.75, 3.05) is 19.7 Å². The van der Waals surface area contributed by atoms with E-state index < -0.39 is 23.2 Å². The van der Waals surface area contributed by atoms with E-state index in [1.165, 1.54) is 17.4 Å². The summed E-state index contributed by atoms with van der Waals surface area (Å²) in [5.41, 5.74) is -0.192. The number of benzene rings is 2. The predicted molar refractivity (Wildman–Crippen MR) is 136 cm³/mol. The van der Waals surface area contributed by atoms with Crippen LogP contribution >= 0.6 is 11.3 Å². The number of amides is 2. The van der Waals surface area contributed by atoms with Crippen LogP contribution in [0.15, 0.2) is 53.9 Å². The molecule has 2 aromatic carbocycles. The third-order valence-electron chi connectivity index (χ3n) is 6.40. The predicted octanol–water partition coefficient (Wildman–Crippen LogP) is 5.35. The normalized spacial score (nSPS) is 15.0. The van der Waals surface area contributed by atoms with Crippen molar-refractivity contribution in [1.82, 2.24) is 15.2 Å². The van der Waals surface area contributed by atoms with Gasteiger partial charge in [-0.15, -0.1) is 11.3 Å². The molecular formula is C27H28F3N3O3S. The van der Waals surface area contributed by atoms with Crippen LogP contribution in [0.5, 0.6) is 0 Å². The van der Waals surface area contributed by atoms with E-state index in [2.05, 4.69) is 10.3 Å². The SMILES string of the molecule is CC(C)(CO)NC(=O)c1csc(C2CCN(C(=O)c3cc(C(F)(F)F)ccc3-c3ccccc3)CC2)n1. The number of hydrogen-bond donors (Lipinski definition) is 2. The molecule has 0 unspecified atom stereocenters. The molecule has 0 bridgehead atoms. The first kappa shape index (κ1) is 26.8. The zero-order chi connectivity index (χ0) is 26.8. The molecule has 2 N–H and O–H groups in total. The minimum atomic E-state index is -4.56. The maximum atomic E-state index is 13.4. The molecule has 10 heteroatoms. The van der Waals surface area contributed by atoms with Crippen LogP contribution in [-0.2, 0) is 6.18 Å². The average Bonchev–Trinajstić information content (AvgIpc) is 3.38. The molecule has 1 aliphatic heterocycles. The summed E-state index contributed by atoms with van der Waals surface area (Å²) >= 11 is 1.37. The number of carbonyl (C=O) groups excluding carboxylic acids is 2. The fourth-order valence-corrected chi connectivity index (χ4v) is 5.23. The van der Waals surface area contributed by atoms with E-state index in [-0.39, 0.29) is 29.7 Å². The number of aromatic nitrogens is 1.